The molecule has 0 spiro atoms. The van der Waals surface area contributed by atoms with Crippen molar-refractivity contribution in [1.82, 2.24) is 19.4 Å². The van der Waals surface area contributed by atoms with Crippen molar-refractivity contribution in [3.63, 3.8) is 0 Å². The number of hydrogen-bond acceptors (Lipinski definition) is 4. The first-order valence-electron chi connectivity index (χ1n) is 7.92. The zero-order valence-corrected chi connectivity index (χ0v) is 13.4. The minimum Gasteiger partial charge on any atom is -0.308 e. The van der Waals surface area contributed by atoms with Gasteiger partial charge in [0.25, 0.3) is 0 Å². The van der Waals surface area contributed by atoms with Crippen molar-refractivity contribution in [3.8, 4) is 0 Å². The fourth-order valence-corrected chi connectivity index (χ4v) is 4.90. The molecule has 2 saturated heterocycles. The number of rotatable bonds is 2. The topological polar surface area (TPSA) is 34.0 Å². The lowest BCUT2D eigenvalue weighted by Gasteiger charge is -2.32. The number of likely N-dealkylation sites (tertiary alicyclic amines) is 1. The Morgan fingerprint density at radius 2 is 2.29 bits per heavy atom. The van der Waals surface area contributed by atoms with Crippen molar-refractivity contribution in [2.75, 3.05) is 31.6 Å². The first-order valence-corrected chi connectivity index (χ1v) is 9.07. The van der Waals surface area contributed by atoms with Crippen molar-refractivity contribution in [2.24, 2.45) is 0 Å². The summed E-state index contributed by atoms with van der Waals surface area (Å²) >= 11 is 2.06. The van der Waals surface area contributed by atoms with Gasteiger partial charge in [-0.3, -0.25) is 0 Å². The number of hydrogen-bond donors (Lipinski definition) is 0. The second-order valence-electron chi connectivity index (χ2n) is 6.30. The number of nitrogens with zero attached hydrogens (tertiary/aromatic N) is 4. The van der Waals surface area contributed by atoms with Gasteiger partial charge in [-0.15, -0.1) is 0 Å². The van der Waals surface area contributed by atoms with Gasteiger partial charge in [0.05, 0.1) is 0 Å². The zero-order chi connectivity index (χ0) is 14.2. The Bertz CT molecular complexity index is 632. The summed E-state index contributed by atoms with van der Waals surface area (Å²) in [5.41, 5.74) is 2.15. The van der Waals surface area contributed by atoms with Gasteiger partial charge in [-0.25, -0.2) is 9.97 Å². The van der Waals surface area contributed by atoms with Crippen LogP contribution in [0.1, 0.15) is 37.0 Å². The molecule has 0 radical (unpaired) electrons. The molecule has 0 aromatic carbocycles. The highest BCUT2D eigenvalue weighted by atomic mass is 32.2. The maximum absolute atomic E-state index is 4.96. The van der Waals surface area contributed by atoms with Gasteiger partial charge in [-0.2, -0.15) is 11.8 Å². The lowest BCUT2D eigenvalue weighted by atomic mass is 10.0. The van der Waals surface area contributed by atoms with E-state index in [0.717, 1.165) is 17.7 Å². The predicted molar refractivity (Wildman–Crippen MR) is 88.0 cm³/mol. The van der Waals surface area contributed by atoms with Crippen LogP contribution in [0.15, 0.2) is 18.3 Å². The molecule has 21 heavy (non-hydrogen) atoms. The highest BCUT2D eigenvalue weighted by Gasteiger charge is 2.29. The van der Waals surface area contributed by atoms with E-state index in [0.29, 0.717) is 12.0 Å². The molecule has 0 N–H and O–H groups in total. The summed E-state index contributed by atoms with van der Waals surface area (Å²) in [4.78, 5) is 12.1. The zero-order valence-electron chi connectivity index (χ0n) is 12.5. The van der Waals surface area contributed by atoms with Gasteiger partial charge in [-0.05, 0) is 50.7 Å². The van der Waals surface area contributed by atoms with Gasteiger partial charge in [0.1, 0.15) is 11.3 Å². The normalized spacial score (nSPS) is 27.5. The predicted octanol–water partition coefficient (Wildman–Crippen LogP) is 2.92. The number of fused-ring (bicyclic) bond motifs is 1. The van der Waals surface area contributed by atoms with E-state index in [-0.39, 0.29) is 0 Å². The molecule has 2 aliphatic heterocycles. The van der Waals surface area contributed by atoms with Gasteiger partial charge in [0.15, 0.2) is 5.65 Å². The minimum absolute atomic E-state index is 0.532. The standard InChI is InChI=1S/C16H22N4S/c1-19-8-3-4-13(10-19)20-15(12-6-9-21-11-12)18-14-5-2-7-17-16(14)20/h2,5,7,12-13H,3-4,6,8-11H2,1H3. The van der Waals surface area contributed by atoms with Crippen LogP contribution >= 0.6 is 11.8 Å². The van der Waals surface area contributed by atoms with E-state index in [2.05, 4.69) is 39.3 Å². The molecule has 4 nitrogen and oxygen atoms in total. The maximum Gasteiger partial charge on any atom is 0.160 e. The Morgan fingerprint density at radius 3 is 3.10 bits per heavy atom. The second kappa shape index (κ2) is 5.61. The van der Waals surface area contributed by atoms with Crippen LogP contribution in [-0.2, 0) is 0 Å². The van der Waals surface area contributed by atoms with Crippen molar-refractivity contribution in [3.05, 3.63) is 24.2 Å². The van der Waals surface area contributed by atoms with Gasteiger partial charge < -0.3 is 9.47 Å². The van der Waals surface area contributed by atoms with Gasteiger partial charge in [0, 0.05) is 30.5 Å². The molecular weight excluding hydrogens is 280 g/mol. The van der Waals surface area contributed by atoms with Crippen molar-refractivity contribution < 1.29 is 0 Å². The van der Waals surface area contributed by atoms with E-state index >= 15 is 0 Å². The van der Waals surface area contributed by atoms with Crippen molar-refractivity contribution >= 4 is 22.9 Å². The largest absolute Gasteiger partial charge is 0.308 e. The molecule has 4 heterocycles. The molecule has 0 bridgehead atoms. The van der Waals surface area contributed by atoms with Crippen LogP contribution in [0.2, 0.25) is 0 Å². The Morgan fingerprint density at radius 1 is 1.33 bits per heavy atom. The van der Waals surface area contributed by atoms with Crippen molar-refractivity contribution in [2.45, 2.75) is 31.2 Å². The van der Waals surface area contributed by atoms with Gasteiger partial charge in [0.2, 0.25) is 0 Å². The van der Waals surface area contributed by atoms with Crippen molar-refractivity contribution in [1.29, 1.82) is 0 Å². The van der Waals surface area contributed by atoms with Crippen LogP contribution in [0, 0.1) is 0 Å². The first-order chi connectivity index (χ1) is 10.3. The monoisotopic (exact) mass is 302 g/mol. The summed E-state index contributed by atoms with van der Waals surface area (Å²) in [5.74, 6) is 4.38. The number of likely N-dealkylation sites (N-methyl/N-ethyl adjacent to an activating group) is 1. The molecule has 0 amide bonds. The minimum atomic E-state index is 0.532. The van der Waals surface area contributed by atoms with Gasteiger partial charge in [-0.1, -0.05) is 0 Å². The molecular formula is C16H22N4S. The summed E-state index contributed by atoms with van der Waals surface area (Å²) in [7, 11) is 2.23. The SMILES string of the molecule is CN1CCCC(n2c(C3CCSC3)nc3cccnc32)C1. The third-order valence-corrected chi connectivity index (χ3v) is 5.90. The molecule has 2 unspecified atom stereocenters. The first kappa shape index (κ1) is 13.6. The summed E-state index contributed by atoms with van der Waals surface area (Å²) in [5, 5.41) is 0. The summed E-state index contributed by atoms with van der Waals surface area (Å²) in [6.07, 6.45) is 5.68. The Kier molecular flexibility index (Phi) is 3.63. The fraction of sp³-hybridized carbons (Fsp3) is 0.625. The molecule has 0 saturated carbocycles. The van der Waals surface area contributed by atoms with E-state index in [1.165, 1.54) is 43.1 Å². The third kappa shape index (κ3) is 2.46. The lowest BCUT2D eigenvalue weighted by molar-refractivity contribution is 0.211. The molecule has 2 aromatic heterocycles. The third-order valence-electron chi connectivity index (χ3n) is 4.74. The molecule has 5 heteroatoms. The van der Waals surface area contributed by atoms with E-state index < -0.39 is 0 Å². The fourth-order valence-electron chi connectivity index (χ4n) is 3.68. The smallest absolute Gasteiger partial charge is 0.160 e. The molecule has 112 valence electrons. The van der Waals surface area contributed by atoms with E-state index in [1.54, 1.807) is 0 Å². The highest BCUT2D eigenvalue weighted by molar-refractivity contribution is 7.99. The van der Waals surface area contributed by atoms with Crippen LogP contribution in [0.4, 0.5) is 0 Å². The second-order valence-corrected chi connectivity index (χ2v) is 7.45. The molecule has 4 rings (SSSR count). The van der Waals surface area contributed by atoms with Crippen LogP contribution in [0.3, 0.4) is 0 Å². The van der Waals surface area contributed by atoms with E-state index in [4.69, 9.17) is 4.98 Å². The van der Waals surface area contributed by atoms with E-state index in [9.17, 15) is 0 Å². The average molecular weight is 302 g/mol. The summed E-state index contributed by atoms with van der Waals surface area (Å²) < 4.78 is 2.47. The quantitative estimate of drug-likeness (QED) is 0.854. The Hall–Kier alpha value is -1.07. The molecule has 0 aliphatic carbocycles. The van der Waals surface area contributed by atoms with E-state index in [1.807, 2.05) is 12.3 Å². The van der Waals surface area contributed by atoms with Crippen LogP contribution < -0.4 is 0 Å². The van der Waals surface area contributed by atoms with Crippen LogP contribution in [0.5, 0.6) is 0 Å². The Balaban J connectivity index is 1.81. The number of thioether (sulfide) groups is 1. The lowest BCUT2D eigenvalue weighted by Crippen LogP contribution is -2.34. The number of piperidine rings is 1. The number of pyridine rings is 1. The highest BCUT2D eigenvalue weighted by Crippen LogP contribution is 2.36. The molecule has 2 fully saturated rings. The molecule has 2 atom stereocenters. The van der Waals surface area contributed by atoms with Crippen LogP contribution in [-0.4, -0.2) is 51.1 Å². The Labute approximate surface area is 129 Å². The maximum atomic E-state index is 4.96. The molecule has 2 aromatic rings. The van der Waals surface area contributed by atoms with Crippen LogP contribution in [0.25, 0.3) is 11.2 Å². The summed E-state index contributed by atoms with van der Waals surface area (Å²) in [6.45, 7) is 2.33. The summed E-state index contributed by atoms with van der Waals surface area (Å²) in [6, 6.07) is 4.64. The number of imidazole rings is 1. The van der Waals surface area contributed by atoms with Gasteiger partial charge >= 0.3 is 0 Å². The molecule has 2 aliphatic rings. The average Bonchev–Trinajstić information content (AvgIpc) is 3.14. The number of aromatic nitrogens is 3.